The Labute approximate surface area is 177 Å². The minimum Gasteiger partial charge on any atom is -0.491 e. The number of benzene rings is 1. The maximum Gasteiger partial charge on any atom is 0.192 e. The number of hydrogen-bond donors (Lipinski definition) is 0. The molecule has 0 spiro atoms. The van der Waals surface area contributed by atoms with Crippen LogP contribution in [0.15, 0.2) is 47.2 Å². The third-order valence-corrected chi connectivity index (χ3v) is 10.8. The zero-order valence-electron chi connectivity index (χ0n) is 16.8. The molecule has 0 saturated heterocycles. The quantitative estimate of drug-likeness (QED) is 0.393. The van der Waals surface area contributed by atoms with Gasteiger partial charge in [-0.1, -0.05) is 38.4 Å². The lowest BCUT2D eigenvalue weighted by atomic mass is 10.1. The molecule has 1 atom stereocenters. The second kappa shape index (κ2) is 9.55. The van der Waals surface area contributed by atoms with Gasteiger partial charge in [0.05, 0.1) is 11.1 Å². The number of pyridine rings is 1. The van der Waals surface area contributed by atoms with E-state index in [1.165, 1.54) is 5.56 Å². The summed E-state index contributed by atoms with van der Waals surface area (Å²) >= 11 is 9.59. The lowest BCUT2D eigenvalue weighted by Gasteiger charge is -2.39. The number of nitrogens with zero attached hydrogens (tertiary/aromatic N) is 1. The average Bonchev–Trinajstić information content (AvgIpc) is 2.60. The maximum atomic E-state index is 6.65. The molecule has 0 saturated carbocycles. The Kier molecular flexibility index (Phi) is 7.92. The minimum absolute atomic E-state index is 0.0218. The highest BCUT2D eigenvalue weighted by Gasteiger charge is 2.39. The number of aromatic nitrogens is 1. The summed E-state index contributed by atoms with van der Waals surface area (Å²) in [5, 5.41) is 0.797. The average molecular weight is 471 g/mol. The van der Waals surface area contributed by atoms with Gasteiger partial charge in [0, 0.05) is 16.9 Å². The van der Waals surface area contributed by atoms with Crippen LogP contribution in [0.1, 0.15) is 32.8 Å². The summed E-state index contributed by atoms with van der Waals surface area (Å²) in [6.45, 7) is 11.8. The Hall–Kier alpha value is -0.883. The Morgan fingerprint density at radius 1 is 1.22 bits per heavy atom. The van der Waals surface area contributed by atoms with E-state index in [0.717, 1.165) is 23.1 Å². The summed E-state index contributed by atoms with van der Waals surface area (Å²) in [6.07, 6.45) is 5.54. The number of ether oxygens (including phenoxy) is 1. The van der Waals surface area contributed by atoms with Crippen LogP contribution >= 0.6 is 27.5 Å². The first-order chi connectivity index (χ1) is 12.6. The second-order valence-electron chi connectivity index (χ2n) is 8.29. The van der Waals surface area contributed by atoms with E-state index in [2.05, 4.69) is 60.8 Å². The van der Waals surface area contributed by atoms with Crippen LogP contribution in [0.4, 0.5) is 0 Å². The van der Waals surface area contributed by atoms with Crippen LogP contribution in [0, 0.1) is 0 Å². The highest BCUT2D eigenvalue weighted by molar-refractivity contribution is 9.10. The van der Waals surface area contributed by atoms with Crippen molar-refractivity contribution in [2.45, 2.75) is 57.8 Å². The molecular weight excluding hydrogens is 442 g/mol. The van der Waals surface area contributed by atoms with Gasteiger partial charge >= 0.3 is 0 Å². The molecule has 0 aliphatic rings. The molecule has 2 aromatic rings. The van der Waals surface area contributed by atoms with Crippen molar-refractivity contribution in [1.82, 2.24) is 4.98 Å². The van der Waals surface area contributed by atoms with E-state index in [1.807, 2.05) is 30.5 Å². The van der Waals surface area contributed by atoms with E-state index >= 15 is 0 Å². The Bertz CT molecular complexity index is 735. The molecule has 2 rings (SSSR count). The first-order valence-corrected chi connectivity index (χ1v) is 13.3. The molecular formula is C21H29BrClNO2Si. The minimum atomic E-state index is -1.89. The van der Waals surface area contributed by atoms with Crippen molar-refractivity contribution in [1.29, 1.82) is 0 Å². The van der Waals surface area contributed by atoms with Crippen LogP contribution in [0.2, 0.25) is 23.2 Å². The van der Waals surface area contributed by atoms with Gasteiger partial charge in [0.15, 0.2) is 8.32 Å². The molecule has 148 valence electrons. The van der Waals surface area contributed by atoms with E-state index in [9.17, 15) is 0 Å². The van der Waals surface area contributed by atoms with Crippen molar-refractivity contribution >= 4 is 35.8 Å². The Balaban J connectivity index is 2.06. The van der Waals surface area contributed by atoms with Crippen LogP contribution < -0.4 is 4.74 Å². The fraction of sp³-hybridized carbons (Fsp3) is 0.476. The predicted molar refractivity (Wildman–Crippen MR) is 119 cm³/mol. The first kappa shape index (κ1) is 22.4. The lowest BCUT2D eigenvalue weighted by molar-refractivity contribution is 0.108. The van der Waals surface area contributed by atoms with E-state index in [-0.39, 0.29) is 11.1 Å². The SMILES string of the molecule is CC(C)(C)[Si](C)(C)O[C@H](CCc1cccnc1)COc1ccc(Br)c(Cl)c1. The molecule has 0 unspecified atom stereocenters. The molecule has 1 heterocycles. The summed E-state index contributed by atoms with van der Waals surface area (Å²) < 4.78 is 13.5. The van der Waals surface area contributed by atoms with Crippen LogP contribution in [0.3, 0.4) is 0 Å². The maximum absolute atomic E-state index is 6.65. The normalized spacial score (nSPS) is 13.4. The van der Waals surface area contributed by atoms with Gasteiger partial charge in [0.2, 0.25) is 0 Å². The highest BCUT2D eigenvalue weighted by atomic mass is 79.9. The fourth-order valence-corrected chi connectivity index (χ4v) is 4.19. The topological polar surface area (TPSA) is 31.4 Å². The third kappa shape index (κ3) is 6.90. The predicted octanol–water partition coefficient (Wildman–Crippen LogP) is 6.90. The van der Waals surface area contributed by atoms with E-state index in [0.29, 0.717) is 11.6 Å². The molecule has 0 amide bonds. The summed E-state index contributed by atoms with van der Waals surface area (Å²) in [5.41, 5.74) is 1.22. The second-order valence-corrected chi connectivity index (χ2v) is 14.3. The third-order valence-electron chi connectivity index (χ3n) is 5.07. The van der Waals surface area contributed by atoms with Gasteiger partial charge in [-0.2, -0.15) is 0 Å². The molecule has 27 heavy (non-hydrogen) atoms. The molecule has 0 radical (unpaired) electrons. The summed E-state index contributed by atoms with van der Waals surface area (Å²) in [5.74, 6) is 0.758. The van der Waals surface area contributed by atoms with E-state index in [1.54, 1.807) is 6.20 Å². The molecule has 0 N–H and O–H groups in total. The molecule has 0 fully saturated rings. The van der Waals surface area contributed by atoms with Gasteiger partial charge in [-0.15, -0.1) is 0 Å². The zero-order chi connectivity index (χ0) is 20.1. The van der Waals surface area contributed by atoms with Gasteiger partial charge in [-0.05, 0) is 76.7 Å². The van der Waals surface area contributed by atoms with Crippen molar-refractivity contribution in [3.63, 3.8) is 0 Å². The van der Waals surface area contributed by atoms with Gasteiger partial charge in [-0.25, -0.2) is 0 Å². The summed E-state index contributed by atoms with van der Waals surface area (Å²) in [7, 11) is -1.89. The van der Waals surface area contributed by atoms with Crippen LogP contribution in [0.25, 0.3) is 0 Å². The molecule has 0 bridgehead atoms. The summed E-state index contributed by atoms with van der Waals surface area (Å²) in [4.78, 5) is 4.21. The monoisotopic (exact) mass is 469 g/mol. The van der Waals surface area contributed by atoms with Crippen LogP contribution in [0.5, 0.6) is 5.75 Å². The van der Waals surface area contributed by atoms with Crippen molar-refractivity contribution < 1.29 is 9.16 Å². The van der Waals surface area contributed by atoms with E-state index < -0.39 is 8.32 Å². The van der Waals surface area contributed by atoms with Crippen molar-refractivity contribution in [2.24, 2.45) is 0 Å². The molecule has 3 nitrogen and oxygen atoms in total. The number of rotatable bonds is 8. The molecule has 1 aromatic heterocycles. The Morgan fingerprint density at radius 3 is 2.56 bits per heavy atom. The number of hydrogen-bond acceptors (Lipinski definition) is 3. The van der Waals surface area contributed by atoms with Crippen molar-refractivity contribution in [3.8, 4) is 5.75 Å². The lowest BCUT2D eigenvalue weighted by Crippen LogP contribution is -2.45. The van der Waals surface area contributed by atoms with E-state index in [4.69, 9.17) is 20.8 Å². The highest BCUT2D eigenvalue weighted by Crippen LogP contribution is 2.38. The van der Waals surface area contributed by atoms with Crippen LogP contribution in [-0.4, -0.2) is 26.0 Å². The zero-order valence-corrected chi connectivity index (χ0v) is 20.1. The molecule has 6 heteroatoms. The van der Waals surface area contributed by atoms with Gasteiger partial charge in [0.25, 0.3) is 0 Å². The number of halogens is 2. The van der Waals surface area contributed by atoms with Crippen molar-refractivity contribution in [2.75, 3.05) is 6.61 Å². The van der Waals surface area contributed by atoms with Gasteiger partial charge in [-0.3, -0.25) is 4.98 Å². The van der Waals surface area contributed by atoms with Crippen LogP contribution in [-0.2, 0) is 10.8 Å². The summed E-state index contributed by atoms with van der Waals surface area (Å²) in [6, 6.07) is 9.72. The van der Waals surface area contributed by atoms with Gasteiger partial charge < -0.3 is 9.16 Å². The smallest absolute Gasteiger partial charge is 0.192 e. The first-order valence-electron chi connectivity index (χ1n) is 9.23. The standard InChI is InChI=1S/C21H29BrClNO2Si/c1-21(2,3)27(4,5)26-18(9-8-16-7-6-12-24-14-16)15-25-17-10-11-19(22)20(23)13-17/h6-7,10-14,18H,8-9,15H2,1-5H3/t18-/m1/s1. The molecule has 0 aliphatic carbocycles. The van der Waals surface area contributed by atoms with Crippen molar-refractivity contribution in [3.05, 3.63) is 57.8 Å². The Morgan fingerprint density at radius 2 is 1.96 bits per heavy atom. The fourth-order valence-electron chi connectivity index (χ4n) is 2.40. The largest absolute Gasteiger partial charge is 0.491 e. The molecule has 1 aromatic carbocycles. The van der Waals surface area contributed by atoms with Gasteiger partial charge in [0.1, 0.15) is 12.4 Å². The molecule has 0 aliphatic heterocycles. The number of aryl methyl sites for hydroxylation is 1.